The molecular formula is C20H17F3N2O4. The highest BCUT2D eigenvalue weighted by atomic mass is 19.4. The minimum Gasteiger partial charge on any atom is -0.464 e. The summed E-state index contributed by atoms with van der Waals surface area (Å²) in [6, 6.07) is 9.70. The molecule has 0 bridgehead atoms. The van der Waals surface area contributed by atoms with Gasteiger partial charge in [-0.2, -0.15) is 13.2 Å². The molecule has 0 radical (unpaired) electrons. The molecule has 0 aliphatic heterocycles. The largest absolute Gasteiger partial charge is 0.464 e. The van der Waals surface area contributed by atoms with Crippen LogP contribution in [-0.4, -0.2) is 21.7 Å². The van der Waals surface area contributed by atoms with E-state index < -0.39 is 17.8 Å². The third kappa shape index (κ3) is 4.75. The zero-order valence-electron chi connectivity index (χ0n) is 15.3. The molecule has 3 aromatic rings. The van der Waals surface area contributed by atoms with Gasteiger partial charge in [0.1, 0.15) is 0 Å². The molecule has 6 nitrogen and oxygen atoms in total. The number of ether oxygens (including phenoxy) is 1. The normalized spacial score (nSPS) is 11.6. The van der Waals surface area contributed by atoms with E-state index in [9.17, 15) is 27.9 Å². The Balaban J connectivity index is 1.73. The average molecular weight is 406 g/mol. The molecule has 1 amide bonds. The second-order valence-corrected chi connectivity index (χ2v) is 6.42. The van der Waals surface area contributed by atoms with Gasteiger partial charge in [-0.3, -0.25) is 9.36 Å². The Morgan fingerprint density at radius 1 is 1.07 bits per heavy atom. The molecular weight excluding hydrogens is 389 g/mol. The predicted octanol–water partition coefficient (Wildman–Crippen LogP) is 4.86. The number of benzene rings is 2. The van der Waals surface area contributed by atoms with Crippen molar-refractivity contribution in [3.63, 3.8) is 0 Å². The lowest BCUT2D eigenvalue weighted by Gasteiger charge is -2.09. The van der Waals surface area contributed by atoms with E-state index in [1.807, 2.05) is 0 Å². The molecule has 2 aromatic carbocycles. The lowest BCUT2D eigenvalue weighted by atomic mass is 10.1. The van der Waals surface area contributed by atoms with Crippen LogP contribution in [0.5, 0.6) is 0 Å². The van der Waals surface area contributed by atoms with Gasteiger partial charge < -0.3 is 15.2 Å². The number of halogens is 3. The molecule has 0 atom stereocenters. The second-order valence-electron chi connectivity index (χ2n) is 6.42. The first-order valence-electron chi connectivity index (χ1n) is 8.54. The number of nitrogens with one attached hydrogen (secondary N) is 1. The van der Waals surface area contributed by atoms with Crippen LogP contribution in [0.15, 0.2) is 48.7 Å². The van der Waals surface area contributed by atoms with Gasteiger partial charge in [0.05, 0.1) is 30.0 Å². The maximum Gasteiger partial charge on any atom is 0.416 e. The van der Waals surface area contributed by atoms with Crippen LogP contribution < -0.4 is 5.32 Å². The number of carbonyl (C=O) groups is 2. The molecule has 29 heavy (non-hydrogen) atoms. The standard InChI is InChI=1S/C20H17F3N2O4/c1-12(26)24-17-9-25(19(27)28)18-7-4-14(8-16(17)18)11-29-10-13-2-5-15(6-3-13)20(21,22)23/h2-9H,10-11H2,1H3,(H,24,26)(H,27,28). The van der Waals surface area contributed by atoms with Gasteiger partial charge in [-0.05, 0) is 35.4 Å². The molecule has 1 aromatic heterocycles. The number of carbonyl (C=O) groups excluding carboxylic acids is 1. The summed E-state index contributed by atoms with van der Waals surface area (Å²) >= 11 is 0. The zero-order valence-corrected chi connectivity index (χ0v) is 15.3. The molecule has 0 fully saturated rings. The fraction of sp³-hybridized carbons (Fsp3) is 0.200. The van der Waals surface area contributed by atoms with Crippen molar-refractivity contribution in [2.45, 2.75) is 26.3 Å². The van der Waals surface area contributed by atoms with Crippen LogP contribution in [0.1, 0.15) is 23.6 Å². The first-order chi connectivity index (χ1) is 13.6. The Hall–Kier alpha value is -3.33. The van der Waals surface area contributed by atoms with E-state index in [0.717, 1.165) is 22.3 Å². The minimum absolute atomic E-state index is 0.116. The van der Waals surface area contributed by atoms with Gasteiger partial charge in [-0.1, -0.05) is 18.2 Å². The van der Waals surface area contributed by atoms with E-state index >= 15 is 0 Å². The maximum absolute atomic E-state index is 12.6. The highest BCUT2D eigenvalue weighted by Gasteiger charge is 2.29. The van der Waals surface area contributed by atoms with Crippen molar-refractivity contribution in [3.05, 3.63) is 65.4 Å². The number of hydrogen-bond donors (Lipinski definition) is 2. The first-order valence-corrected chi connectivity index (χ1v) is 8.54. The Bertz CT molecular complexity index is 1060. The molecule has 0 unspecified atom stereocenters. The number of nitrogens with zero attached hydrogens (tertiary/aromatic N) is 1. The fourth-order valence-electron chi connectivity index (χ4n) is 2.89. The van der Waals surface area contributed by atoms with Gasteiger partial charge in [0.2, 0.25) is 5.91 Å². The highest BCUT2D eigenvalue weighted by Crippen LogP contribution is 2.30. The van der Waals surface area contributed by atoms with Crippen LogP contribution >= 0.6 is 0 Å². The van der Waals surface area contributed by atoms with Gasteiger partial charge in [-0.25, -0.2) is 4.79 Å². The first kappa shape index (κ1) is 20.4. The summed E-state index contributed by atoms with van der Waals surface area (Å²) in [5.74, 6) is -0.335. The van der Waals surface area contributed by atoms with Crippen molar-refractivity contribution in [2.24, 2.45) is 0 Å². The van der Waals surface area contributed by atoms with E-state index in [2.05, 4.69) is 5.32 Å². The van der Waals surface area contributed by atoms with Gasteiger partial charge in [-0.15, -0.1) is 0 Å². The van der Waals surface area contributed by atoms with Crippen molar-refractivity contribution in [2.75, 3.05) is 5.32 Å². The molecule has 0 spiro atoms. The SMILES string of the molecule is CC(=O)Nc1cn(C(=O)O)c2ccc(COCc3ccc(C(F)(F)F)cc3)cc12. The fourth-order valence-corrected chi connectivity index (χ4v) is 2.89. The van der Waals surface area contributed by atoms with E-state index in [1.165, 1.54) is 25.3 Å². The number of hydrogen-bond acceptors (Lipinski definition) is 3. The lowest BCUT2D eigenvalue weighted by Crippen LogP contribution is -2.07. The minimum atomic E-state index is -4.38. The summed E-state index contributed by atoms with van der Waals surface area (Å²) < 4.78 is 44.3. The average Bonchev–Trinajstić information content (AvgIpc) is 2.99. The summed E-state index contributed by atoms with van der Waals surface area (Å²) in [6.45, 7) is 1.60. The van der Waals surface area contributed by atoms with Crippen LogP contribution in [0.2, 0.25) is 0 Å². The maximum atomic E-state index is 12.6. The number of rotatable bonds is 5. The van der Waals surface area contributed by atoms with Crippen LogP contribution in [0.3, 0.4) is 0 Å². The molecule has 9 heteroatoms. The van der Waals surface area contributed by atoms with Gasteiger partial charge in [0.15, 0.2) is 0 Å². The molecule has 2 N–H and O–H groups in total. The van der Waals surface area contributed by atoms with Crippen molar-refractivity contribution in [1.29, 1.82) is 0 Å². The molecule has 152 valence electrons. The van der Waals surface area contributed by atoms with Gasteiger partial charge >= 0.3 is 12.3 Å². The summed E-state index contributed by atoms with van der Waals surface area (Å²) in [7, 11) is 0. The van der Waals surface area contributed by atoms with Crippen LogP contribution in [0.4, 0.5) is 23.7 Å². The van der Waals surface area contributed by atoms with Gasteiger partial charge in [0.25, 0.3) is 0 Å². The second kappa shape index (κ2) is 7.96. The third-order valence-corrected chi connectivity index (χ3v) is 4.20. The van der Waals surface area contributed by atoms with E-state index in [0.29, 0.717) is 22.2 Å². The summed E-state index contributed by atoms with van der Waals surface area (Å²) in [5, 5.41) is 12.4. The zero-order chi connectivity index (χ0) is 21.2. The number of amides is 1. The lowest BCUT2D eigenvalue weighted by molar-refractivity contribution is -0.137. The Labute approximate surface area is 163 Å². The van der Waals surface area contributed by atoms with Crippen LogP contribution in [0.25, 0.3) is 10.9 Å². The van der Waals surface area contributed by atoms with Crippen LogP contribution in [-0.2, 0) is 28.9 Å². The molecule has 3 rings (SSSR count). The van der Waals surface area contributed by atoms with E-state index in [1.54, 1.807) is 18.2 Å². The van der Waals surface area contributed by atoms with Crippen molar-refractivity contribution >= 4 is 28.6 Å². The summed E-state index contributed by atoms with van der Waals surface area (Å²) in [5.41, 5.74) is 1.36. The van der Waals surface area contributed by atoms with Crippen molar-refractivity contribution in [3.8, 4) is 0 Å². The van der Waals surface area contributed by atoms with Crippen LogP contribution in [0, 0.1) is 0 Å². The van der Waals surface area contributed by atoms with E-state index in [4.69, 9.17) is 4.74 Å². The number of fused-ring (bicyclic) bond motifs is 1. The number of anilines is 1. The topological polar surface area (TPSA) is 80.6 Å². The number of carboxylic acid groups (broad SMARTS) is 1. The molecule has 0 aliphatic rings. The quantitative estimate of drug-likeness (QED) is 0.634. The van der Waals surface area contributed by atoms with E-state index in [-0.39, 0.29) is 19.1 Å². The Kier molecular flexibility index (Phi) is 5.60. The van der Waals surface area contributed by atoms with Crippen molar-refractivity contribution < 1.29 is 32.6 Å². The number of aromatic nitrogens is 1. The summed E-state index contributed by atoms with van der Waals surface area (Å²) in [4.78, 5) is 22.7. The molecule has 0 saturated heterocycles. The van der Waals surface area contributed by atoms with Gasteiger partial charge in [0, 0.05) is 18.5 Å². The predicted molar refractivity (Wildman–Crippen MR) is 99.6 cm³/mol. The Morgan fingerprint density at radius 3 is 2.28 bits per heavy atom. The summed E-state index contributed by atoms with van der Waals surface area (Å²) in [6.07, 6.45) is -4.24. The smallest absolute Gasteiger partial charge is 0.416 e. The third-order valence-electron chi connectivity index (χ3n) is 4.20. The number of alkyl halides is 3. The Morgan fingerprint density at radius 2 is 1.69 bits per heavy atom. The van der Waals surface area contributed by atoms with Crippen molar-refractivity contribution in [1.82, 2.24) is 4.57 Å². The monoisotopic (exact) mass is 406 g/mol. The molecule has 0 saturated carbocycles. The molecule has 0 aliphatic carbocycles. The molecule has 1 heterocycles. The highest BCUT2D eigenvalue weighted by molar-refractivity contribution is 6.04.